The molecule has 0 spiro atoms. The van der Waals surface area contributed by atoms with Crippen molar-refractivity contribution in [3.63, 3.8) is 0 Å². The molecule has 0 amide bonds. The summed E-state index contributed by atoms with van der Waals surface area (Å²) >= 11 is 0. The Morgan fingerprint density at radius 3 is 1.29 bits per heavy atom. The molecular weight excluding hydrogens is 244 g/mol. The van der Waals surface area contributed by atoms with E-state index in [1.807, 2.05) is 24.3 Å². The molecule has 0 aliphatic rings. The highest BCUT2D eigenvalue weighted by atomic mass is 28.3. The van der Waals surface area contributed by atoms with Gasteiger partial charge in [0.15, 0.2) is 0 Å². The first-order chi connectivity index (χ1) is 8.24. The summed E-state index contributed by atoms with van der Waals surface area (Å²) < 4.78 is 10.4. The summed E-state index contributed by atoms with van der Waals surface area (Å²) in [6, 6.07) is 0. The number of rotatable bonds is 11. The molecule has 0 atom stereocenters. The fraction of sp³-hybridized carbons (Fsp3) is 0.333. The second-order valence-electron chi connectivity index (χ2n) is 3.62. The van der Waals surface area contributed by atoms with Gasteiger partial charge in [-0.3, -0.25) is 9.13 Å². The predicted octanol–water partition coefficient (Wildman–Crippen LogP) is 0.349. The summed E-state index contributed by atoms with van der Waals surface area (Å²) in [5.74, 6) is 0. The minimum Gasteiger partial charge on any atom is -0.444 e. The van der Waals surface area contributed by atoms with Crippen molar-refractivity contribution in [1.82, 2.24) is 9.13 Å². The van der Waals surface area contributed by atoms with Crippen molar-refractivity contribution in [1.29, 1.82) is 0 Å². The zero-order chi connectivity index (χ0) is 13.1. The van der Waals surface area contributed by atoms with Gasteiger partial charge in [0.25, 0.3) is 0 Å². The molecule has 0 aromatic carbocycles. The van der Waals surface area contributed by atoms with Crippen molar-refractivity contribution in [3.8, 4) is 0 Å². The molecule has 3 nitrogen and oxygen atoms in total. The maximum Gasteiger partial charge on any atom is 0.330 e. The van der Waals surface area contributed by atoms with Gasteiger partial charge in [-0.25, -0.2) is 0 Å². The summed E-state index contributed by atoms with van der Waals surface area (Å²) in [5, 5.41) is 0. The van der Waals surface area contributed by atoms with E-state index in [1.165, 1.54) is 0 Å². The van der Waals surface area contributed by atoms with E-state index >= 15 is 0 Å². The molecule has 0 aliphatic carbocycles. The van der Waals surface area contributed by atoms with Crippen LogP contribution in [0.15, 0.2) is 50.6 Å². The van der Waals surface area contributed by atoms with Gasteiger partial charge in [0.1, 0.15) is 10.5 Å². The van der Waals surface area contributed by atoms with Gasteiger partial charge in [-0.15, -0.1) is 26.3 Å². The average molecular weight is 269 g/mol. The van der Waals surface area contributed by atoms with Crippen molar-refractivity contribution >= 4 is 19.8 Å². The van der Waals surface area contributed by atoms with E-state index in [-0.39, 0.29) is 0 Å². The maximum absolute atomic E-state index is 5.82. The first-order valence-corrected chi connectivity index (χ1v) is 8.01. The monoisotopic (exact) mass is 268 g/mol. The van der Waals surface area contributed by atoms with Crippen LogP contribution in [-0.4, -0.2) is 55.2 Å². The van der Waals surface area contributed by atoms with Crippen molar-refractivity contribution in [3.05, 3.63) is 50.6 Å². The van der Waals surface area contributed by atoms with Crippen molar-refractivity contribution in [2.75, 3.05) is 26.2 Å². The SMILES string of the molecule is C=CCN(CC=C)[SiH](O[SiH3])N(CC=C)CC=C. The summed E-state index contributed by atoms with van der Waals surface area (Å²) in [6.45, 7) is 18.5. The molecule has 0 aromatic rings. The van der Waals surface area contributed by atoms with Crippen LogP contribution < -0.4 is 0 Å². The van der Waals surface area contributed by atoms with E-state index < -0.39 is 9.36 Å². The van der Waals surface area contributed by atoms with Gasteiger partial charge in [-0.05, 0) is 0 Å². The normalized spacial score (nSPS) is 11.0. The second-order valence-corrected chi connectivity index (χ2v) is 7.62. The van der Waals surface area contributed by atoms with Gasteiger partial charge >= 0.3 is 9.36 Å². The average Bonchev–Trinajstić information content (AvgIpc) is 2.31. The van der Waals surface area contributed by atoms with Gasteiger partial charge in [0, 0.05) is 26.2 Å². The van der Waals surface area contributed by atoms with Crippen molar-refractivity contribution < 1.29 is 4.12 Å². The minimum atomic E-state index is -1.57. The van der Waals surface area contributed by atoms with E-state index in [2.05, 4.69) is 35.4 Å². The van der Waals surface area contributed by atoms with Gasteiger partial charge in [-0.1, -0.05) is 24.3 Å². The molecule has 0 rings (SSSR count). The molecule has 0 heterocycles. The molecular formula is C12H24N2OSi2. The molecule has 17 heavy (non-hydrogen) atoms. The lowest BCUT2D eigenvalue weighted by Gasteiger charge is -2.35. The van der Waals surface area contributed by atoms with Crippen LogP contribution in [0.2, 0.25) is 0 Å². The Morgan fingerprint density at radius 1 is 0.824 bits per heavy atom. The Balaban J connectivity index is 4.77. The molecule has 96 valence electrons. The first-order valence-electron chi connectivity index (χ1n) is 5.69. The molecule has 0 N–H and O–H groups in total. The molecule has 5 heteroatoms. The molecule has 0 saturated heterocycles. The lowest BCUT2D eigenvalue weighted by Crippen LogP contribution is -2.54. The number of hydrogen-bond acceptors (Lipinski definition) is 3. The first kappa shape index (κ1) is 16.3. The van der Waals surface area contributed by atoms with E-state index in [0.717, 1.165) is 36.7 Å². The quantitative estimate of drug-likeness (QED) is 0.397. The summed E-state index contributed by atoms with van der Waals surface area (Å²) in [6.07, 6.45) is 7.63. The zero-order valence-corrected chi connectivity index (χ0v) is 14.0. The van der Waals surface area contributed by atoms with Crippen LogP contribution in [-0.2, 0) is 4.12 Å². The van der Waals surface area contributed by atoms with Gasteiger partial charge < -0.3 is 4.12 Å². The topological polar surface area (TPSA) is 15.7 Å². The third kappa shape index (κ3) is 5.95. The van der Waals surface area contributed by atoms with Gasteiger partial charge in [0.2, 0.25) is 0 Å². The number of hydrogen-bond donors (Lipinski definition) is 0. The lowest BCUT2D eigenvalue weighted by atomic mass is 10.5. The van der Waals surface area contributed by atoms with Crippen LogP contribution in [0.1, 0.15) is 0 Å². The van der Waals surface area contributed by atoms with Crippen LogP contribution in [0.4, 0.5) is 0 Å². The van der Waals surface area contributed by atoms with Crippen LogP contribution in [0.25, 0.3) is 0 Å². The summed E-state index contributed by atoms with van der Waals surface area (Å²) in [4.78, 5) is 0. The molecule has 0 radical (unpaired) electrons. The largest absolute Gasteiger partial charge is 0.444 e. The second kappa shape index (κ2) is 10.4. The Kier molecular flexibility index (Phi) is 9.98. The fourth-order valence-corrected chi connectivity index (χ4v) is 5.87. The van der Waals surface area contributed by atoms with E-state index in [1.54, 1.807) is 0 Å². The number of nitrogens with zero attached hydrogens (tertiary/aromatic N) is 2. The third-order valence-electron chi connectivity index (χ3n) is 2.29. The van der Waals surface area contributed by atoms with Crippen LogP contribution in [0.3, 0.4) is 0 Å². The smallest absolute Gasteiger partial charge is 0.330 e. The molecule has 0 bridgehead atoms. The van der Waals surface area contributed by atoms with E-state index in [4.69, 9.17) is 4.12 Å². The van der Waals surface area contributed by atoms with Crippen LogP contribution in [0.5, 0.6) is 0 Å². The van der Waals surface area contributed by atoms with Gasteiger partial charge in [-0.2, -0.15) is 0 Å². The Morgan fingerprint density at radius 2 is 1.12 bits per heavy atom. The maximum atomic E-state index is 5.82. The van der Waals surface area contributed by atoms with Crippen LogP contribution >= 0.6 is 0 Å². The molecule has 0 unspecified atom stereocenters. The Hall–Kier alpha value is -0.726. The lowest BCUT2D eigenvalue weighted by molar-refractivity contribution is 0.335. The highest BCUT2D eigenvalue weighted by molar-refractivity contribution is 6.50. The summed E-state index contributed by atoms with van der Waals surface area (Å²) in [7, 11) is -0.832. The van der Waals surface area contributed by atoms with Crippen molar-refractivity contribution in [2.45, 2.75) is 0 Å². The predicted molar refractivity (Wildman–Crippen MR) is 82.1 cm³/mol. The van der Waals surface area contributed by atoms with Crippen LogP contribution in [0, 0.1) is 0 Å². The highest BCUT2D eigenvalue weighted by Gasteiger charge is 2.24. The highest BCUT2D eigenvalue weighted by Crippen LogP contribution is 2.04. The molecule has 0 aliphatic heterocycles. The fourth-order valence-electron chi connectivity index (χ4n) is 1.70. The summed E-state index contributed by atoms with van der Waals surface area (Å²) in [5.41, 5.74) is 0. The molecule has 0 aromatic heterocycles. The Labute approximate surface area is 110 Å². The Bertz CT molecular complexity index is 215. The van der Waals surface area contributed by atoms with E-state index in [9.17, 15) is 0 Å². The minimum absolute atomic E-state index is 0.738. The molecule has 0 saturated carbocycles. The molecule has 0 fully saturated rings. The van der Waals surface area contributed by atoms with E-state index in [0.29, 0.717) is 0 Å². The zero-order valence-electron chi connectivity index (χ0n) is 10.8. The third-order valence-corrected chi connectivity index (χ3v) is 6.07. The standard InChI is InChI=1S/C12H24N2OSi2/c1-5-9-13(10-6-2)17(15-16)14(11-7-3)12-8-4/h5-8,17H,1-4,9-12H2,16H3. The van der Waals surface area contributed by atoms with Crippen molar-refractivity contribution in [2.24, 2.45) is 0 Å². The van der Waals surface area contributed by atoms with Gasteiger partial charge in [0.05, 0.1) is 0 Å².